The number of aromatic nitrogens is 3. The van der Waals surface area contributed by atoms with Crippen LogP contribution < -0.4 is 15.7 Å². The number of hydrogen-bond donors (Lipinski definition) is 2. The quantitative estimate of drug-likeness (QED) is 0.627. The van der Waals surface area contributed by atoms with Gasteiger partial charge in [0, 0.05) is 18.1 Å². The lowest BCUT2D eigenvalue weighted by molar-refractivity contribution is -0.305. The normalized spacial score (nSPS) is 14.9. The number of carbonyl (C=O) groups excluding carboxylic acids is 2. The van der Waals surface area contributed by atoms with E-state index in [-0.39, 0.29) is 37.2 Å². The molecule has 2 N–H and O–H groups in total. The number of hydrogen-bond acceptors (Lipinski definition) is 6. The molecule has 1 aliphatic heterocycles. The Morgan fingerprint density at radius 1 is 1.03 bits per heavy atom. The third-order valence-corrected chi connectivity index (χ3v) is 4.73. The van der Waals surface area contributed by atoms with E-state index < -0.39 is 5.97 Å². The van der Waals surface area contributed by atoms with Gasteiger partial charge in [-0.2, -0.15) is 4.98 Å². The van der Waals surface area contributed by atoms with Crippen LogP contribution in [0.3, 0.4) is 0 Å². The first-order chi connectivity index (χ1) is 14.6. The highest BCUT2D eigenvalue weighted by atomic mass is 16.4. The standard InChI is InChI=1S/C22H21N5O3/c28-19(12-7-13-20(29)30)24-21-25-22-23-17(15-8-3-1-4-9-15)14-18(27(22)26-21)16-10-5-2-6-11-16/h1-6,8-11,14,18H,7,12-13H2,(H,29,30)(H2,23,24,25,26,28)/p-1/t18-/m0/s1. The number of aliphatic carboxylic acids is 1. The molecule has 1 aromatic heterocycles. The third-order valence-electron chi connectivity index (χ3n) is 4.73. The Bertz CT molecular complexity index is 1080. The van der Waals surface area contributed by atoms with Gasteiger partial charge >= 0.3 is 0 Å². The molecule has 0 saturated carbocycles. The zero-order chi connectivity index (χ0) is 20.9. The van der Waals surface area contributed by atoms with Gasteiger partial charge in [0.1, 0.15) is 6.04 Å². The van der Waals surface area contributed by atoms with E-state index in [1.54, 1.807) is 4.68 Å². The SMILES string of the molecule is O=C([O-])CCCC(=O)Nc1nc2n(n1)[C@H](c1ccccc1)C=C(c1ccccc1)N2. The smallest absolute Gasteiger partial charge is 0.250 e. The molecule has 0 aliphatic carbocycles. The number of rotatable bonds is 7. The van der Waals surface area contributed by atoms with Crippen molar-refractivity contribution in [2.45, 2.75) is 25.3 Å². The number of carbonyl (C=O) groups is 2. The largest absolute Gasteiger partial charge is 0.550 e. The molecule has 1 amide bonds. The number of carboxylic acids is 1. The molecular weight excluding hydrogens is 382 g/mol. The molecule has 30 heavy (non-hydrogen) atoms. The number of nitrogens with one attached hydrogen (secondary N) is 2. The van der Waals surface area contributed by atoms with Gasteiger partial charge in [-0.1, -0.05) is 60.7 Å². The zero-order valence-corrected chi connectivity index (χ0v) is 16.1. The summed E-state index contributed by atoms with van der Waals surface area (Å²) in [4.78, 5) is 27.0. The van der Waals surface area contributed by atoms with Crippen molar-refractivity contribution in [3.05, 3.63) is 77.9 Å². The molecule has 0 saturated heterocycles. The number of fused-ring (bicyclic) bond motifs is 1. The predicted octanol–water partition coefficient (Wildman–Crippen LogP) is 2.19. The monoisotopic (exact) mass is 402 g/mol. The van der Waals surface area contributed by atoms with Crippen LogP contribution in [0.25, 0.3) is 5.70 Å². The molecule has 0 spiro atoms. The van der Waals surface area contributed by atoms with Crippen LogP contribution in [-0.4, -0.2) is 26.6 Å². The second kappa shape index (κ2) is 8.60. The number of anilines is 2. The fraction of sp³-hybridized carbons (Fsp3) is 0.182. The molecule has 3 aromatic rings. The molecule has 8 nitrogen and oxygen atoms in total. The minimum absolute atomic E-state index is 0.0565. The first kappa shape index (κ1) is 19.4. The van der Waals surface area contributed by atoms with Crippen molar-refractivity contribution in [2.24, 2.45) is 0 Å². The van der Waals surface area contributed by atoms with Gasteiger partial charge in [0.05, 0.1) is 0 Å². The predicted molar refractivity (Wildman–Crippen MR) is 110 cm³/mol. The van der Waals surface area contributed by atoms with E-state index >= 15 is 0 Å². The van der Waals surface area contributed by atoms with Crippen molar-refractivity contribution in [1.29, 1.82) is 0 Å². The summed E-state index contributed by atoms with van der Waals surface area (Å²) in [6.45, 7) is 0. The fourth-order valence-electron chi connectivity index (χ4n) is 3.30. The summed E-state index contributed by atoms with van der Waals surface area (Å²) in [5.41, 5.74) is 2.95. The van der Waals surface area contributed by atoms with E-state index in [0.29, 0.717) is 5.95 Å². The van der Waals surface area contributed by atoms with Crippen molar-refractivity contribution >= 4 is 29.5 Å². The van der Waals surface area contributed by atoms with Crippen LogP contribution in [0.4, 0.5) is 11.9 Å². The third kappa shape index (κ3) is 4.38. The summed E-state index contributed by atoms with van der Waals surface area (Å²) in [6, 6.07) is 19.6. The Labute approximate surface area is 173 Å². The molecule has 152 valence electrons. The van der Waals surface area contributed by atoms with E-state index in [0.717, 1.165) is 16.8 Å². The van der Waals surface area contributed by atoms with Gasteiger partial charge in [0.15, 0.2) is 0 Å². The first-order valence-electron chi connectivity index (χ1n) is 9.65. The Kier molecular flexibility index (Phi) is 5.56. The van der Waals surface area contributed by atoms with Crippen molar-refractivity contribution in [3.8, 4) is 0 Å². The van der Waals surface area contributed by atoms with E-state index in [4.69, 9.17) is 0 Å². The lowest BCUT2D eigenvalue weighted by Crippen LogP contribution is -2.22. The van der Waals surface area contributed by atoms with Crippen LogP contribution in [-0.2, 0) is 9.59 Å². The maximum absolute atomic E-state index is 12.1. The van der Waals surface area contributed by atoms with Crippen molar-refractivity contribution in [3.63, 3.8) is 0 Å². The number of carboxylic acid groups (broad SMARTS) is 1. The maximum atomic E-state index is 12.1. The van der Waals surface area contributed by atoms with E-state index in [1.165, 1.54) is 0 Å². The van der Waals surface area contributed by atoms with Gasteiger partial charge in [-0.3, -0.25) is 10.1 Å². The first-order valence-corrected chi connectivity index (χ1v) is 9.65. The Morgan fingerprint density at radius 3 is 2.43 bits per heavy atom. The van der Waals surface area contributed by atoms with Crippen molar-refractivity contribution in [1.82, 2.24) is 14.8 Å². The van der Waals surface area contributed by atoms with Gasteiger partial charge in [-0.05, 0) is 30.0 Å². The molecule has 1 aliphatic rings. The number of allylic oxidation sites excluding steroid dienone is 1. The highest BCUT2D eigenvalue weighted by Crippen LogP contribution is 2.33. The van der Waals surface area contributed by atoms with Gasteiger partial charge in [0.25, 0.3) is 5.95 Å². The average Bonchev–Trinajstić information content (AvgIpc) is 3.16. The van der Waals surface area contributed by atoms with E-state index in [9.17, 15) is 14.7 Å². The Morgan fingerprint density at radius 2 is 1.73 bits per heavy atom. The van der Waals surface area contributed by atoms with Gasteiger partial charge in [-0.15, -0.1) is 5.10 Å². The summed E-state index contributed by atoms with van der Waals surface area (Å²) in [5, 5.41) is 20.9. The van der Waals surface area contributed by atoms with Crippen LogP contribution in [0.5, 0.6) is 0 Å². The Hall–Kier alpha value is -3.94. The van der Waals surface area contributed by atoms with Crippen molar-refractivity contribution in [2.75, 3.05) is 10.6 Å². The van der Waals surface area contributed by atoms with Crippen LogP contribution in [0.15, 0.2) is 66.7 Å². The van der Waals surface area contributed by atoms with Gasteiger partial charge in [-0.25, -0.2) is 4.68 Å². The summed E-state index contributed by atoms with van der Waals surface area (Å²) >= 11 is 0. The molecule has 0 fully saturated rings. The molecule has 0 unspecified atom stereocenters. The van der Waals surface area contributed by atoms with Crippen LogP contribution >= 0.6 is 0 Å². The molecule has 1 atom stereocenters. The highest BCUT2D eigenvalue weighted by Gasteiger charge is 2.25. The second-order valence-electron chi connectivity index (χ2n) is 6.90. The molecule has 4 rings (SSSR count). The lowest BCUT2D eigenvalue weighted by Gasteiger charge is -2.24. The minimum Gasteiger partial charge on any atom is -0.550 e. The molecule has 0 radical (unpaired) electrons. The van der Waals surface area contributed by atoms with Crippen LogP contribution in [0.2, 0.25) is 0 Å². The number of amides is 1. The summed E-state index contributed by atoms with van der Waals surface area (Å²) in [5.74, 6) is -0.839. The summed E-state index contributed by atoms with van der Waals surface area (Å²) in [6.07, 6.45) is 2.16. The van der Waals surface area contributed by atoms with Crippen LogP contribution in [0.1, 0.15) is 36.4 Å². The lowest BCUT2D eigenvalue weighted by atomic mass is 10.0. The molecule has 2 heterocycles. The van der Waals surface area contributed by atoms with Crippen molar-refractivity contribution < 1.29 is 14.7 Å². The number of benzene rings is 2. The zero-order valence-electron chi connectivity index (χ0n) is 16.1. The Balaban J connectivity index is 1.60. The van der Waals surface area contributed by atoms with Gasteiger partial charge < -0.3 is 15.2 Å². The summed E-state index contributed by atoms with van der Waals surface area (Å²) in [7, 11) is 0. The average molecular weight is 402 g/mol. The van der Waals surface area contributed by atoms with Gasteiger partial charge in [0.2, 0.25) is 11.9 Å². The summed E-state index contributed by atoms with van der Waals surface area (Å²) < 4.78 is 1.72. The molecule has 8 heteroatoms. The topological polar surface area (TPSA) is 112 Å². The van der Waals surface area contributed by atoms with Crippen LogP contribution in [0, 0.1) is 0 Å². The van der Waals surface area contributed by atoms with E-state index in [1.807, 2.05) is 60.7 Å². The molecule has 0 bridgehead atoms. The number of nitrogens with zero attached hydrogens (tertiary/aromatic N) is 3. The minimum atomic E-state index is -1.17. The maximum Gasteiger partial charge on any atom is 0.250 e. The second-order valence-corrected chi connectivity index (χ2v) is 6.90. The molecular formula is C22H20N5O3-. The fourth-order valence-corrected chi connectivity index (χ4v) is 3.30. The highest BCUT2D eigenvalue weighted by molar-refractivity contribution is 5.89. The van der Waals surface area contributed by atoms with E-state index in [2.05, 4.69) is 26.8 Å². The molecule has 2 aromatic carbocycles.